The molecule has 11 aromatic carbocycles. The molecule has 0 bridgehead atoms. The molecule has 44 heteroatoms. The summed E-state index contributed by atoms with van der Waals surface area (Å²) >= 11 is 0. The molecule has 0 aliphatic carbocycles. The molecule has 0 heterocycles. The zero-order valence-electron chi connectivity index (χ0n) is 73.8. The Morgan fingerprint density at radius 3 is 0.426 bits per heavy atom. The number of para-hydroxylation sites is 2. The second-order valence-corrected chi connectivity index (χ2v) is 58.0. The van der Waals surface area contributed by atoms with E-state index in [1.807, 2.05) is 72.8 Å². The molecule has 11 rings (SSSR count). The molecule has 0 N–H and O–H groups in total. The van der Waals surface area contributed by atoms with Crippen LogP contribution in [0.1, 0.15) is 0 Å². The Kier molecular flexibility index (Phi) is 48.5. The molecular weight excluding hydrogens is 1950 g/mol. The monoisotopic (exact) mass is 2050 g/mol. The van der Waals surface area contributed by atoms with Crippen molar-refractivity contribution in [1.82, 2.24) is 0 Å². The predicted molar refractivity (Wildman–Crippen MR) is 511 cm³/mol. The van der Waals surface area contributed by atoms with Gasteiger partial charge in [0.1, 0.15) is 72.2 Å². The van der Waals surface area contributed by atoms with E-state index in [4.69, 9.17) is 9.47 Å². The van der Waals surface area contributed by atoms with Crippen molar-refractivity contribution in [2.45, 2.75) is 44.1 Å². The van der Waals surface area contributed by atoms with Crippen LogP contribution in [0.4, 0.5) is 0 Å². The number of ether oxygens (including phenoxy) is 2. The molecule has 0 amide bonds. The third kappa shape index (κ3) is 62.3. The largest absolute Gasteiger partial charge is 0.457 e. The fraction of sp³-hybridized carbons (Fsp3) is 0.224. The van der Waals surface area contributed by atoms with Gasteiger partial charge in [0.2, 0.25) is 0 Å². The van der Waals surface area contributed by atoms with Crippen molar-refractivity contribution in [2.24, 2.45) is 0 Å². The Balaban J connectivity index is 0.00000143. The minimum Gasteiger partial charge on any atom is -0.457 e. The van der Waals surface area contributed by atoms with E-state index < -0.39 is 138 Å². The standard InChI is InChI=1S/C14H14O5S2.C14H14O4S2.C12H10O.C12H10.2C8H10O4S2.C7H8O2S.5C2H6O2S/c1-20(15,16)13-7-3-11(4-8-13)19-12-5-9-14(10-6-12)21(2,17)18;1-19(15,16)13-7-3-11(4-8-13)12-5-9-14(10-6-12)20(2,17)18;1-3-7-11(8-4-1)13-12-9-5-2-6-10-12;1-3-7-11(8-4-1)12-9-5-2-6-10-12;1-13(9,10)7-3-5-8(6-4-7)14(2,11)12;1-13(9,10)7-4-3-5-8(6-7)14(2,11)12;1-10(8,9)7-5-3-2-4-6-7;5*1-5(2,3)4/h3-10H,1-2H3;3-10H,1-2H3;1-10H;1-10H;2*3-6H,1-2H3;2-6H,1H3;5*1-2H3. The maximum Gasteiger partial charge on any atom is 0.175 e. The van der Waals surface area contributed by atoms with Crippen LogP contribution in [0.5, 0.6) is 23.0 Å². The molecule has 11 aromatic rings. The summed E-state index contributed by atoms with van der Waals surface area (Å²) in [4.78, 5) is 1.57. The number of hydrogen-bond acceptors (Lipinski definition) is 30. The van der Waals surface area contributed by atoms with Crippen LogP contribution >= 0.6 is 0 Å². The highest BCUT2D eigenvalue weighted by Crippen LogP contribution is 2.27. The normalized spacial score (nSPS) is 11.6. The lowest BCUT2D eigenvalue weighted by Gasteiger charge is -2.07. The SMILES string of the molecule is CS(=O)(=O)c1ccc(-c2ccc(S(C)(=O)=O)cc2)cc1.CS(=O)(=O)c1ccc(Oc2ccc(S(C)(=O)=O)cc2)cc1.CS(=O)(=O)c1ccc(S(C)(=O)=O)cc1.CS(=O)(=O)c1cccc(S(C)(=O)=O)c1.CS(=O)(=O)c1ccccc1.CS(C)(=O)=O.CS(C)(=O)=O.CS(C)(=O)=O.CS(C)(=O)=O.CS(C)(=O)=O.c1ccc(-c2ccccc2)cc1.c1ccc(Oc2ccccc2)cc1. The van der Waals surface area contributed by atoms with E-state index in [1.165, 1.54) is 108 Å². The van der Waals surface area contributed by atoms with E-state index in [1.54, 1.807) is 78.9 Å². The van der Waals surface area contributed by atoms with Gasteiger partial charge in [-0.2, -0.15) is 0 Å². The van der Waals surface area contributed by atoms with Crippen molar-refractivity contribution in [2.75, 3.05) is 119 Å². The fourth-order valence-corrected chi connectivity index (χ4v) is 14.2. The summed E-state index contributed by atoms with van der Waals surface area (Å²) in [6.07, 6.45) is 21.6. The Hall–Kier alpha value is -9.68. The van der Waals surface area contributed by atoms with E-state index in [0.717, 1.165) is 141 Å². The van der Waals surface area contributed by atoms with Crippen molar-refractivity contribution in [3.8, 4) is 45.3 Å². The van der Waals surface area contributed by atoms with E-state index in [2.05, 4.69) is 48.5 Å². The number of rotatable bonds is 15. The zero-order chi connectivity index (χ0) is 99.9. The molecule has 710 valence electrons. The van der Waals surface area contributed by atoms with Crippen molar-refractivity contribution in [3.63, 3.8) is 0 Å². The van der Waals surface area contributed by atoms with Crippen LogP contribution in [0.15, 0.2) is 341 Å². The first-order valence-corrected chi connectivity index (χ1v) is 64.6. The molecule has 0 spiro atoms. The third-order valence-corrected chi connectivity index (χ3v) is 23.9. The van der Waals surface area contributed by atoms with E-state index in [-0.39, 0.29) is 39.2 Å². The highest BCUT2D eigenvalue weighted by Gasteiger charge is 2.16. The molecule has 0 saturated heterocycles. The molecule has 129 heavy (non-hydrogen) atoms. The molecular formula is C85H106O30S14. The van der Waals surface area contributed by atoms with Gasteiger partial charge in [-0.1, -0.05) is 146 Å². The molecule has 0 aromatic heterocycles. The van der Waals surface area contributed by atoms with Gasteiger partial charge in [0.15, 0.2) is 88.5 Å². The summed E-state index contributed by atoms with van der Waals surface area (Å²) in [5, 5.41) is 0. The van der Waals surface area contributed by atoms with Gasteiger partial charge in [-0.15, -0.1) is 0 Å². The second-order valence-electron chi connectivity index (χ2n) is 28.5. The van der Waals surface area contributed by atoms with Gasteiger partial charge < -0.3 is 9.47 Å². The van der Waals surface area contributed by atoms with Crippen molar-refractivity contribution in [1.29, 1.82) is 0 Å². The number of sulfone groups is 14. The van der Waals surface area contributed by atoms with Gasteiger partial charge in [-0.3, -0.25) is 0 Å². The van der Waals surface area contributed by atoms with Gasteiger partial charge >= 0.3 is 0 Å². The van der Waals surface area contributed by atoms with E-state index >= 15 is 0 Å². The molecule has 0 fully saturated rings. The summed E-state index contributed by atoms with van der Waals surface area (Å²) in [6.45, 7) is 0. The average Bonchev–Trinajstić information content (AvgIpc) is 0.827. The van der Waals surface area contributed by atoms with Crippen LogP contribution in [-0.4, -0.2) is 237 Å². The van der Waals surface area contributed by atoms with Crippen LogP contribution in [0.3, 0.4) is 0 Å². The Morgan fingerprint density at radius 2 is 0.256 bits per heavy atom. The first-order valence-electron chi connectivity index (χ1n) is 36.1. The second kappa shape index (κ2) is 52.4. The lowest BCUT2D eigenvalue weighted by atomic mass is 10.1. The van der Waals surface area contributed by atoms with Gasteiger partial charge in [0.25, 0.3) is 0 Å². The highest BCUT2D eigenvalue weighted by molar-refractivity contribution is 7.94. The molecule has 0 aliphatic rings. The maximum atomic E-state index is 11.4. The molecule has 0 saturated carbocycles. The van der Waals surface area contributed by atoms with Gasteiger partial charge in [-0.25, -0.2) is 118 Å². The zero-order valence-corrected chi connectivity index (χ0v) is 85.2. The molecule has 0 aliphatic heterocycles. The summed E-state index contributed by atoms with van der Waals surface area (Å²) in [5.41, 5.74) is 4.21. The lowest BCUT2D eigenvalue weighted by Crippen LogP contribution is -2.01. The van der Waals surface area contributed by atoms with E-state index in [0.29, 0.717) is 16.4 Å². The van der Waals surface area contributed by atoms with Crippen molar-refractivity contribution >= 4 is 138 Å². The lowest BCUT2D eigenvalue weighted by molar-refractivity contribution is 0.481. The first-order chi connectivity index (χ1) is 58.3. The highest BCUT2D eigenvalue weighted by atomic mass is 32.2. The average molecular weight is 2060 g/mol. The summed E-state index contributed by atoms with van der Waals surface area (Å²) in [7, 11) is -42.4. The fourth-order valence-electron chi connectivity index (χ4n) is 8.35. The van der Waals surface area contributed by atoms with Crippen LogP contribution < -0.4 is 9.47 Å². The molecule has 0 unspecified atom stereocenters. The maximum absolute atomic E-state index is 11.4. The summed E-state index contributed by atoms with van der Waals surface area (Å²) in [6, 6.07) is 84.0. The van der Waals surface area contributed by atoms with Gasteiger partial charge in [-0.05, 0) is 174 Å². The van der Waals surface area contributed by atoms with Crippen molar-refractivity contribution in [3.05, 3.63) is 297 Å². The molecule has 0 atom stereocenters. The van der Waals surface area contributed by atoms with Gasteiger partial charge in [0.05, 0.1) is 44.1 Å². The smallest absolute Gasteiger partial charge is 0.175 e. The quantitative estimate of drug-likeness (QED) is 0.0919. The summed E-state index contributed by atoms with van der Waals surface area (Å²) in [5.74, 6) is 2.67. The predicted octanol–water partition coefficient (Wildman–Crippen LogP) is 11.7. The Bertz CT molecular complexity index is 6590. The Labute approximate surface area is 763 Å². The number of benzene rings is 11. The Morgan fingerprint density at radius 1 is 0.132 bits per heavy atom. The van der Waals surface area contributed by atoms with Crippen LogP contribution in [-0.2, 0) is 138 Å². The van der Waals surface area contributed by atoms with Crippen LogP contribution in [0, 0.1) is 0 Å². The van der Waals surface area contributed by atoms with Crippen LogP contribution in [0.25, 0.3) is 22.3 Å². The van der Waals surface area contributed by atoms with Crippen LogP contribution in [0.2, 0.25) is 0 Å². The summed E-state index contributed by atoms with van der Waals surface area (Å²) < 4.78 is 309. The van der Waals surface area contributed by atoms with E-state index in [9.17, 15) is 118 Å². The topological polar surface area (TPSA) is 496 Å². The first kappa shape index (κ1) is 119. The van der Waals surface area contributed by atoms with Crippen molar-refractivity contribution < 1.29 is 127 Å². The molecule has 30 nitrogen and oxygen atoms in total. The third-order valence-electron chi connectivity index (χ3n) is 13.8. The number of hydrogen-bond donors (Lipinski definition) is 0. The molecule has 0 radical (unpaired) electrons. The minimum atomic E-state index is -3.35. The minimum absolute atomic E-state index is 0.0143. The van der Waals surface area contributed by atoms with Gasteiger partial charge in [0, 0.05) is 119 Å².